The summed E-state index contributed by atoms with van der Waals surface area (Å²) in [6.45, 7) is 1.87. The smallest absolute Gasteiger partial charge is 0.344 e. The Morgan fingerprint density at radius 1 is 1.65 bits per heavy atom. The first-order valence-corrected chi connectivity index (χ1v) is 5.55. The average Bonchev–Trinajstić information content (AvgIpc) is 2.30. The molecule has 0 saturated carbocycles. The van der Waals surface area contributed by atoms with Crippen molar-refractivity contribution >= 4 is 17.6 Å². The van der Waals surface area contributed by atoms with Crippen LogP contribution in [0.2, 0.25) is 5.02 Å². The van der Waals surface area contributed by atoms with Crippen LogP contribution in [0.3, 0.4) is 0 Å². The van der Waals surface area contributed by atoms with E-state index in [-0.39, 0.29) is 10.8 Å². The number of halogens is 1. The molecule has 0 aliphatic carbocycles. The number of rotatable bonds is 5. The molecule has 0 bridgehead atoms. The Labute approximate surface area is 104 Å². The molecule has 0 amide bonds. The predicted octanol–water partition coefficient (Wildman–Crippen LogP) is 2.84. The third kappa shape index (κ3) is 3.65. The lowest BCUT2D eigenvalue weighted by molar-refractivity contribution is -0.145. The molecule has 1 aromatic carbocycles. The van der Waals surface area contributed by atoms with Gasteiger partial charge >= 0.3 is 5.97 Å². The van der Waals surface area contributed by atoms with E-state index in [0.29, 0.717) is 18.4 Å². The van der Waals surface area contributed by atoms with Gasteiger partial charge in [0.05, 0.1) is 16.7 Å². The van der Waals surface area contributed by atoms with E-state index in [0.717, 1.165) is 0 Å². The Morgan fingerprint density at radius 2 is 2.35 bits per heavy atom. The standard InChI is InChI=1S/C12H12ClNO3/c1-2-3-11(12(15)16)17-10-5-4-8(7-14)6-9(10)13/h4-6,11H,2-3H2,1H3,(H,15,16). The Morgan fingerprint density at radius 3 is 2.82 bits per heavy atom. The molecule has 4 nitrogen and oxygen atoms in total. The van der Waals surface area contributed by atoms with Crippen LogP contribution in [-0.2, 0) is 4.79 Å². The van der Waals surface area contributed by atoms with E-state index in [1.807, 2.05) is 13.0 Å². The van der Waals surface area contributed by atoms with E-state index < -0.39 is 12.1 Å². The van der Waals surface area contributed by atoms with Crippen LogP contribution >= 0.6 is 11.6 Å². The molecule has 1 unspecified atom stereocenters. The minimum atomic E-state index is -1.02. The summed E-state index contributed by atoms with van der Waals surface area (Å²) in [5.41, 5.74) is 0.407. The van der Waals surface area contributed by atoms with Gasteiger partial charge < -0.3 is 9.84 Å². The van der Waals surface area contributed by atoms with Gasteiger partial charge in [-0.15, -0.1) is 0 Å². The topological polar surface area (TPSA) is 70.3 Å². The SMILES string of the molecule is CCCC(Oc1ccc(C#N)cc1Cl)C(=O)O. The van der Waals surface area contributed by atoms with E-state index in [2.05, 4.69) is 0 Å². The highest BCUT2D eigenvalue weighted by Gasteiger charge is 2.19. The van der Waals surface area contributed by atoms with Crippen LogP contribution in [0.1, 0.15) is 25.3 Å². The van der Waals surface area contributed by atoms with E-state index in [9.17, 15) is 4.79 Å². The quantitative estimate of drug-likeness (QED) is 0.876. The number of benzene rings is 1. The molecule has 0 aliphatic heterocycles. The average molecular weight is 254 g/mol. The Balaban J connectivity index is 2.87. The van der Waals surface area contributed by atoms with Crippen LogP contribution in [0.25, 0.3) is 0 Å². The lowest BCUT2D eigenvalue weighted by Gasteiger charge is -2.15. The fourth-order valence-corrected chi connectivity index (χ4v) is 1.54. The molecule has 0 aliphatic rings. The van der Waals surface area contributed by atoms with Crippen molar-refractivity contribution in [3.8, 4) is 11.8 Å². The Bertz CT molecular complexity index is 454. The fourth-order valence-electron chi connectivity index (χ4n) is 1.31. The number of carbonyl (C=O) groups is 1. The van der Waals surface area contributed by atoms with Crippen LogP contribution in [0, 0.1) is 11.3 Å². The normalized spacial score (nSPS) is 11.6. The second-order valence-electron chi connectivity index (χ2n) is 3.49. The summed E-state index contributed by atoms with van der Waals surface area (Å²) in [5.74, 6) is -0.737. The highest BCUT2D eigenvalue weighted by Crippen LogP contribution is 2.26. The maximum Gasteiger partial charge on any atom is 0.344 e. The zero-order valence-corrected chi connectivity index (χ0v) is 10.1. The molecule has 1 N–H and O–H groups in total. The number of carboxylic acids is 1. The Kier molecular flexibility index (Phi) is 4.80. The van der Waals surface area contributed by atoms with Crippen LogP contribution in [0.15, 0.2) is 18.2 Å². The number of aliphatic carboxylic acids is 1. The van der Waals surface area contributed by atoms with Gasteiger partial charge in [0.15, 0.2) is 6.10 Å². The van der Waals surface area contributed by atoms with Gasteiger partial charge in [0.1, 0.15) is 5.75 Å². The molecule has 0 fully saturated rings. The van der Waals surface area contributed by atoms with Crippen LogP contribution < -0.4 is 4.74 Å². The molecule has 0 aromatic heterocycles. The largest absolute Gasteiger partial charge is 0.479 e. The number of nitrogens with zero attached hydrogens (tertiary/aromatic N) is 1. The van der Waals surface area contributed by atoms with Gasteiger partial charge in [-0.05, 0) is 24.6 Å². The summed E-state index contributed by atoms with van der Waals surface area (Å²) in [5, 5.41) is 17.8. The first-order valence-electron chi connectivity index (χ1n) is 5.17. The number of hydrogen-bond acceptors (Lipinski definition) is 3. The van der Waals surface area contributed by atoms with Gasteiger partial charge in [-0.2, -0.15) is 5.26 Å². The summed E-state index contributed by atoms with van der Waals surface area (Å²) in [4.78, 5) is 10.9. The number of hydrogen-bond donors (Lipinski definition) is 1. The number of carboxylic acid groups (broad SMARTS) is 1. The molecule has 0 radical (unpaired) electrons. The molecule has 1 atom stereocenters. The van der Waals surface area contributed by atoms with Crippen LogP contribution in [-0.4, -0.2) is 17.2 Å². The lowest BCUT2D eigenvalue weighted by atomic mass is 10.2. The van der Waals surface area contributed by atoms with Gasteiger partial charge in [-0.25, -0.2) is 4.79 Å². The van der Waals surface area contributed by atoms with Gasteiger partial charge in [0.2, 0.25) is 0 Å². The minimum absolute atomic E-state index is 0.242. The zero-order chi connectivity index (χ0) is 12.8. The second-order valence-corrected chi connectivity index (χ2v) is 3.90. The van der Waals surface area contributed by atoms with Crippen molar-refractivity contribution in [2.75, 3.05) is 0 Å². The molecule has 5 heteroatoms. The Hall–Kier alpha value is -1.73. The summed E-state index contributed by atoms with van der Waals surface area (Å²) >= 11 is 5.89. The minimum Gasteiger partial charge on any atom is -0.479 e. The fraction of sp³-hybridized carbons (Fsp3) is 0.333. The summed E-state index contributed by atoms with van der Waals surface area (Å²) in [6, 6.07) is 6.43. The molecule has 1 aromatic rings. The van der Waals surface area contributed by atoms with Crippen molar-refractivity contribution in [3.05, 3.63) is 28.8 Å². The first kappa shape index (κ1) is 13.3. The molecule has 0 saturated heterocycles. The molecule has 90 valence electrons. The summed E-state index contributed by atoms with van der Waals surface area (Å²) < 4.78 is 5.31. The van der Waals surface area contributed by atoms with Crippen LogP contribution in [0.5, 0.6) is 5.75 Å². The third-order valence-electron chi connectivity index (χ3n) is 2.16. The van der Waals surface area contributed by atoms with Crippen molar-refractivity contribution in [1.29, 1.82) is 5.26 Å². The van der Waals surface area contributed by atoms with Crippen molar-refractivity contribution < 1.29 is 14.6 Å². The van der Waals surface area contributed by atoms with Crippen molar-refractivity contribution in [3.63, 3.8) is 0 Å². The maximum absolute atomic E-state index is 10.9. The molecule has 17 heavy (non-hydrogen) atoms. The molecule has 0 spiro atoms. The van der Waals surface area contributed by atoms with Crippen molar-refractivity contribution in [1.82, 2.24) is 0 Å². The molecule has 0 heterocycles. The predicted molar refractivity (Wildman–Crippen MR) is 63.1 cm³/mol. The van der Waals surface area contributed by atoms with E-state index in [1.165, 1.54) is 18.2 Å². The van der Waals surface area contributed by atoms with E-state index >= 15 is 0 Å². The third-order valence-corrected chi connectivity index (χ3v) is 2.45. The van der Waals surface area contributed by atoms with Gasteiger partial charge in [-0.3, -0.25) is 0 Å². The number of ether oxygens (including phenoxy) is 1. The zero-order valence-electron chi connectivity index (χ0n) is 9.31. The second kappa shape index (κ2) is 6.12. The highest BCUT2D eigenvalue weighted by atomic mass is 35.5. The van der Waals surface area contributed by atoms with Crippen molar-refractivity contribution in [2.45, 2.75) is 25.9 Å². The first-order chi connectivity index (χ1) is 8.08. The van der Waals surface area contributed by atoms with E-state index in [1.54, 1.807) is 0 Å². The van der Waals surface area contributed by atoms with Gasteiger partial charge in [0, 0.05) is 0 Å². The van der Waals surface area contributed by atoms with Gasteiger partial charge in [-0.1, -0.05) is 24.9 Å². The molecule has 1 rings (SSSR count). The lowest BCUT2D eigenvalue weighted by Crippen LogP contribution is -2.26. The van der Waals surface area contributed by atoms with Crippen molar-refractivity contribution in [2.24, 2.45) is 0 Å². The van der Waals surface area contributed by atoms with E-state index in [4.69, 9.17) is 26.7 Å². The highest BCUT2D eigenvalue weighted by molar-refractivity contribution is 6.32. The monoisotopic (exact) mass is 253 g/mol. The van der Waals surface area contributed by atoms with Gasteiger partial charge in [0.25, 0.3) is 0 Å². The number of nitriles is 1. The molecular formula is C12H12ClNO3. The molecular weight excluding hydrogens is 242 g/mol. The maximum atomic E-state index is 10.9. The van der Waals surface area contributed by atoms with Crippen LogP contribution in [0.4, 0.5) is 0 Å². The summed E-state index contributed by atoms with van der Waals surface area (Å²) in [6.07, 6.45) is 0.196. The summed E-state index contributed by atoms with van der Waals surface area (Å²) in [7, 11) is 0.